The molecule has 0 saturated heterocycles. The monoisotopic (exact) mass is 389 g/mol. The van der Waals surface area contributed by atoms with Crippen LogP contribution in [0.15, 0.2) is 60.7 Å². The Kier molecular flexibility index (Phi) is 11.1. The fourth-order valence-corrected chi connectivity index (χ4v) is 2.44. The van der Waals surface area contributed by atoms with Crippen molar-refractivity contribution in [1.29, 1.82) is 0 Å². The molecule has 0 aliphatic carbocycles. The molecule has 2 atom stereocenters. The Morgan fingerprint density at radius 2 is 1.43 bits per heavy atom. The smallest absolute Gasteiger partial charge is 0.334 e. The van der Waals surface area contributed by atoms with Crippen molar-refractivity contribution in [3.63, 3.8) is 0 Å². The number of benzene rings is 2. The number of carbonyl (C=O) groups is 1. The molecule has 0 spiro atoms. The fourth-order valence-electron chi connectivity index (χ4n) is 2.44. The predicted molar refractivity (Wildman–Crippen MR) is 105 cm³/mol. The highest BCUT2D eigenvalue weighted by Crippen LogP contribution is 2.06. The van der Waals surface area contributed by atoms with Gasteiger partial charge in [0.2, 0.25) is 6.54 Å². The number of hydrogen-bond acceptors (Lipinski definition) is 6. The van der Waals surface area contributed by atoms with Gasteiger partial charge in [0, 0.05) is 4.92 Å². The quantitative estimate of drug-likeness (QED) is 0.387. The lowest BCUT2D eigenvalue weighted by molar-refractivity contribution is -0.490. The number of carbonyl (C=O) groups excluding carboxylic acids is 1. The zero-order valence-corrected chi connectivity index (χ0v) is 15.9. The summed E-state index contributed by atoms with van der Waals surface area (Å²) in [6.07, 6.45) is 0.333. The minimum atomic E-state index is -1.01. The molecule has 0 aliphatic heterocycles. The summed E-state index contributed by atoms with van der Waals surface area (Å²) >= 11 is 0. The van der Waals surface area contributed by atoms with Crippen molar-refractivity contribution in [3.8, 4) is 0 Å². The number of ether oxygens (including phenoxy) is 1. The minimum Gasteiger partial charge on any atom is -0.467 e. The maximum atomic E-state index is 10.9. The summed E-state index contributed by atoms with van der Waals surface area (Å²) in [6.45, 7) is -0.368. The van der Waals surface area contributed by atoms with Crippen LogP contribution >= 0.6 is 0 Å². The normalized spacial score (nSPS) is 12.2. The van der Waals surface area contributed by atoms with Gasteiger partial charge in [-0.05, 0) is 36.8 Å². The Morgan fingerprint density at radius 3 is 1.86 bits per heavy atom. The highest BCUT2D eigenvalue weighted by molar-refractivity contribution is 5.74. The van der Waals surface area contributed by atoms with Crippen LogP contribution in [0.1, 0.15) is 24.0 Å². The van der Waals surface area contributed by atoms with Crippen LogP contribution in [-0.4, -0.2) is 47.0 Å². The Bertz CT molecular complexity index is 693. The Labute approximate surface area is 164 Å². The molecule has 0 aromatic heterocycles. The standard InChI is InChI=1S/C11H14O3.C10H13NO3/c1-14-11(13)10(12)8-7-9-5-3-2-4-6-9;12-10(8-11(13)14)7-6-9-4-2-1-3-5-9/h2-6,10,12H,7-8H2,1H3;1-5,10,12H,6-8H2/t2*10-/m00/s1. The van der Waals surface area contributed by atoms with E-state index in [0.717, 1.165) is 11.1 Å². The molecule has 152 valence electrons. The van der Waals surface area contributed by atoms with Crippen molar-refractivity contribution in [2.45, 2.75) is 37.9 Å². The molecule has 0 unspecified atom stereocenters. The second kappa shape index (κ2) is 13.4. The van der Waals surface area contributed by atoms with E-state index in [0.29, 0.717) is 25.7 Å². The maximum Gasteiger partial charge on any atom is 0.334 e. The van der Waals surface area contributed by atoms with Gasteiger partial charge in [-0.2, -0.15) is 0 Å². The molecule has 2 rings (SSSR count). The van der Waals surface area contributed by atoms with E-state index in [1.807, 2.05) is 60.7 Å². The molecule has 0 aliphatic rings. The molecule has 2 aromatic carbocycles. The first-order valence-corrected chi connectivity index (χ1v) is 9.06. The molecular weight excluding hydrogens is 362 g/mol. The van der Waals surface area contributed by atoms with Crippen LogP contribution in [0.3, 0.4) is 0 Å². The number of nitro groups is 1. The first kappa shape index (κ1) is 23.3. The number of methoxy groups -OCH3 is 1. The van der Waals surface area contributed by atoms with Crippen molar-refractivity contribution < 1.29 is 24.7 Å². The van der Waals surface area contributed by atoms with Gasteiger partial charge in [0.15, 0.2) is 6.10 Å². The third kappa shape index (κ3) is 10.4. The lowest BCUT2D eigenvalue weighted by Crippen LogP contribution is -2.22. The fraction of sp³-hybridized carbons (Fsp3) is 0.381. The van der Waals surface area contributed by atoms with E-state index >= 15 is 0 Å². The molecule has 7 nitrogen and oxygen atoms in total. The van der Waals surface area contributed by atoms with E-state index in [1.165, 1.54) is 7.11 Å². The van der Waals surface area contributed by atoms with Crippen LogP contribution in [0.5, 0.6) is 0 Å². The van der Waals surface area contributed by atoms with E-state index in [4.69, 9.17) is 0 Å². The van der Waals surface area contributed by atoms with Gasteiger partial charge >= 0.3 is 5.97 Å². The molecule has 0 heterocycles. The SMILES string of the molecule is COC(=O)[C@@H](O)CCc1ccccc1.O=[N+]([O-])C[C@@H](O)CCc1ccccc1. The van der Waals surface area contributed by atoms with E-state index in [1.54, 1.807) is 0 Å². The van der Waals surface area contributed by atoms with Crippen LogP contribution in [0.4, 0.5) is 0 Å². The topological polar surface area (TPSA) is 110 Å². The number of aliphatic hydroxyl groups excluding tert-OH is 2. The van der Waals surface area contributed by atoms with E-state index in [9.17, 15) is 25.1 Å². The summed E-state index contributed by atoms with van der Waals surface area (Å²) in [5, 5.41) is 28.6. The summed E-state index contributed by atoms with van der Waals surface area (Å²) in [5.41, 5.74) is 2.20. The van der Waals surface area contributed by atoms with Crippen molar-refractivity contribution in [2.24, 2.45) is 0 Å². The number of aryl methyl sites for hydroxylation is 2. The minimum absolute atomic E-state index is 0.368. The van der Waals surface area contributed by atoms with Gasteiger partial charge in [0.1, 0.15) is 6.10 Å². The number of nitrogens with zero attached hydrogens (tertiary/aromatic N) is 1. The van der Waals surface area contributed by atoms with Crippen molar-refractivity contribution in [1.82, 2.24) is 0 Å². The third-order valence-electron chi connectivity index (χ3n) is 3.99. The van der Waals surface area contributed by atoms with E-state index < -0.39 is 23.1 Å². The Morgan fingerprint density at radius 1 is 0.964 bits per heavy atom. The summed E-state index contributed by atoms with van der Waals surface area (Å²) in [5.74, 6) is -0.569. The molecule has 7 heteroatoms. The van der Waals surface area contributed by atoms with Crippen molar-refractivity contribution in [3.05, 3.63) is 81.9 Å². The Balaban J connectivity index is 0.000000280. The first-order valence-electron chi connectivity index (χ1n) is 9.06. The second-order valence-electron chi connectivity index (χ2n) is 6.26. The number of hydrogen-bond donors (Lipinski definition) is 2. The average Bonchev–Trinajstić information content (AvgIpc) is 2.71. The van der Waals surface area contributed by atoms with Gasteiger partial charge in [-0.15, -0.1) is 0 Å². The molecule has 0 radical (unpaired) electrons. The van der Waals surface area contributed by atoms with Gasteiger partial charge in [0.05, 0.1) is 7.11 Å². The van der Waals surface area contributed by atoms with Gasteiger partial charge < -0.3 is 14.9 Å². The number of aliphatic hydroxyl groups is 2. The van der Waals surface area contributed by atoms with E-state index in [2.05, 4.69) is 4.74 Å². The van der Waals surface area contributed by atoms with Gasteiger partial charge in [-0.1, -0.05) is 60.7 Å². The van der Waals surface area contributed by atoms with Crippen LogP contribution in [0, 0.1) is 10.1 Å². The van der Waals surface area contributed by atoms with Crippen molar-refractivity contribution >= 4 is 5.97 Å². The highest BCUT2D eigenvalue weighted by Gasteiger charge is 2.14. The van der Waals surface area contributed by atoms with Crippen LogP contribution in [-0.2, 0) is 22.4 Å². The number of rotatable bonds is 9. The van der Waals surface area contributed by atoms with E-state index in [-0.39, 0.29) is 6.54 Å². The lowest BCUT2D eigenvalue weighted by atomic mass is 10.1. The maximum absolute atomic E-state index is 10.9. The van der Waals surface area contributed by atoms with Gasteiger partial charge in [0.25, 0.3) is 0 Å². The lowest BCUT2D eigenvalue weighted by Gasteiger charge is -2.07. The molecule has 0 bridgehead atoms. The average molecular weight is 389 g/mol. The largest absolute Gasteiger partial charge is 0.467 e. The van der Waals surface area contributed by atoms with Crippen LogP contribution < -0.4 is 0 Å². The van der Waals surface area contributed by atoms with Crippen LogP contribution in [0.25, 0.3) is 0 Å². The summed E-state index contributed by atoms with van der Waals surface area (Å²) in [4.78, 5) is 20.4. The summed E-state index contributed by atoms with van der Waals surface area (Å²) < 4.78 is 4.41. The van der Waals surface area contributed by atoms with Crippen LogP contribution in [0.2, 0.25) is 0 Å². The second-order valence-corrected chi connectivity index (χ2v) is 6.26. The molecule has 0 amide bonds. The first-order chi connectivity index (χ1) is 13.4. The summed E-state index contributed by atoms with van der Waals surface area (Å²) in [6, 6.07) is 19.3. The zero-order chi connectivity index (χ0) is 20.8. The zero-order valence-electron chi connectivity index (χ0n) is 15.9. The molecule has 2 N–H and O–H groups in total. The number of esters is 1. The molecule has 0 fully saturated rings. The third-order valence-corrected chi connectivity index (χ3v) is 3.99. The Hall–Kier alpha value is -2.77. The van der Waals surface area contributed by atoms with Gasteiger partial charge in [-0.3, -0.25) is 10.1 Å². The van der Waals surface area contributed by atoms with Crippen molar-refractivity contribution in [2.75, 3.05) is 13.7 Å². The molecule has 2 aromatic rings. The molecular formula is C21H27NO6. The summed E-state index contributed by atoms with van der Waals surface area (Å²) in [7, 11) is 1.27. The predicted octanol–water partition coefficient (Wildman–Crippen LogP) is 2.41. The molecule has 28 heavy (non-hydrogen) atoms. The molecule has 0 saturated carbocycles. The van der Waals surface area contributed by atoms with Gasteiger partial charge in [-0.25, -0.2) is 4.79 Å². The highest BCUT2D eigenvalue weighted by atomic mass is 16.6.